The number of carbonyl (C=O) groups is 1. The number of benzene rings is 1. The minimum Gasteiger partial charge on any atom is -0.353 e. The summed E-state index contributed by atoms with van der Waals surface area (Å²) in [5.41, 5.74) is 1.05. The zero-order valence-electron chi connectivity index (χ0n) is 11.9. The summed E-state index contributed by atoms with van der Waals surface area (Å²) in [7, 11) is 1.75. The van der Waals surface area contributed by atoms with E-state index in [0.29, 0.717) is 13.1 Å². The summed E-state index contributed by atoms with van der Waals surface area (Å²) in [6.07, 6.45) is 2.37. The molecule has 0 saturated carbocycles. The molecule has 1 aromatic carbocycles. The fraction of sp³-hybridized carbons (Fsp3) is 0.533. The SMILES string of the molecule is CNCC(=O)NCC(c1ccc(F)cc1)N1CCCC1. The van der Waals surface area contributed by atoms with Crippen molar-refractivity contribution in [2.75, 3.05) is 33.2 Å². The molecule has 2 rings (SSSR count). The predicted octanol–water partition coefficient (Wildman–Crippen LogP) is 1.30. The second-order valence-electron chi connectivity index (χ2n) is 5.14. The molecule has 0 aromatic heterocycles. The van der Waals surface area contributed by atoms with Gasteiger partial charge in [0.05, 0.1) is 12.6 Å². The topological polar surface area (TPSA) is 44.4 Å². The van der Waals surface area contributed by atoms with Crippen LogP contribution in [0.2, 0.25) is 0 Å². The van der Waals surface area contributed by atoms with E-state index in [4.69, 9.17) is 0 Å². The van der Waals surface area contributed by atoms with Crippen molar-refractivity contribution in [2.45, 2.75) is 18.9 Å². The first-order valence-electron chi connectivity index (χ1n) is 7.11. The number of halogens is 1. The lowest BCUT2D eigenvalue weighted by atomic mass is 10.1. The average Bonchev–Trinajstić information content (AvgIpc) is 2.95. The molecule has 0 aliphatic carbocycles. The van der Waals surface area contributed by atoms with Crippen molar-refractivity contribution in [3.8, 4) is 0 Å². The maximum absolute atomic E-state index is 13.1. The highest BCUT2D eigenvalue weighted by molar-refractivity contribution is 5.77. The zero-order chi connectivity index (χ0) is 14.4. The van der Waals surface area contributed by atoms with Crippen LogP contribution in [0.4, 0.5) is 4.39 Å². The number of likely N-dealkylation sites (tertiary alicyclic amines) is 1. The molecule has 0 radical (unpaired) electrons. The number of amides is 1. The third-order valence-corrected chi connectivity index (χ3v) is 3.67. The lowest BCUT2D eigenvalue weighted by Crippen LogP contribution is -2.39. The summed E-state index contributed by atoms with van der Waals surface area (Å²) >= 11 is 0. The van der Waals surface area contributed by atoms with Crippen molar-refractivity contribution < 1.29 is 9.18 Å². The Bertz CT molecular complexity index is 429. The van der Waals surface area contributed by atoms with Gasteiger partial charge in [0.25, 0.3) is 0 Å². The maximum Gasteiger partial charge on any atom is 0.234 e. The van der Waals surface area contributed by atoms with Gasteiger partial charge in [-0.05, 0) is 50.7 Å². The predicted molar refractivity (Wildman–Crippen MR) is 76.9 cm³/mol. The smallest absolute Gasteiger partial charge is 0.234 e. The Balaban J connectivity index is 2.04. The highest BCUT2D eigenvalue weighted by Gasteiger charge is 2.23. The highest BCUT2D eigenvalue weighted by atomic mass is 19.1. The molecule has 1 fully saturated rings. The molecule has 0 bridgehead atoms. The number of rotatable bonds is 6. The van der Waals surface area contributed by atoms with Gasteiger partial charge in [0, 0.05) is 6.54 Å². The van der Waals surface area contributed by atoms with Gasteiger partial charge in [-0.3, -0.25) is 9.69 Å². The molecule has 5 heteroatoms. The largest absolute Gasteiger partial charge is 0.353 e. The first-order valence-corrected chi connectivity index (χ1v) is 7.11. The minimum atomic E-state index is -0.229. The van der Waals surface area contributed by atoms with Gasteiger partial charge >= 0.3 is 0 Å². The van der Waals surface area contributed by atoms with Crippen LogP contribution in [-0.4, -0.2) is 44.0 Å². The van der Waals surface area contributed by atoms with E-state index in [0.717, 1.165) is 18.7 Å². The molecular formula is C15H22FN3O. The molecule has 1 aliphatic rings. The van der Waals surface area contributed by atoms with E-state index in [9.17, 15) is 9.18 Å². The number of nitrogens with zero attached hydrogens (tertiary/aromatic N) is 1. The van der Waals surface area contributed by atoms with Crippen molar-refractivity contribution in [3.05, 3.63) is 35.6 Å². The molecule has 1 aliphatic heterocycles. The Morgan fingerprint density at radius 2 is 1.95 bits per heavy atom. The number of hydrogen-bond acceptors (Lipinski definition) is 3. The van der Waals surface area contributed by atoms with Crippen LogP contribution in [0, 0.1) is 5.82 Å². The van der Waals surface area contributed by atoms with Crippen LogP contribution in [0.15, 0.2) is 24.3 Å². The maximum atomic E-state index is 13.1. The summed E-state index contributed by atoms with van der Waals surface area (Å²) in [6.45, 7) is 2.94. The Morgan fingerprint density at radius 1 is 1.30 bits per heavy atom. The molecule has 1 heterocycles. The number of carbonyl (C=O) groups excluding carboxylic acids is 1. The quantitative estimate of drug-likeness (QED) is 0.825. The van der Waals surface area contributed by atoms with E-state index >= 15 is 0 Å². The summed E-state index contributed by atoms with van der Waals surface area (Å²) < 4.78 is 13.1. The van der Waals surface area contributed by atoms with Gasteiger partial charge in [0.15, 0.2) is 0 Å². The summed E-state index contributed by atoms with van der Waals surface area (Å²) in [4.78, 5) is 13.9. The van der Waals surface area contributed by atoms with Gasteiger partial charge in [-0.1, -0.05) is 12.1 Å². The van der Waals surface area contributed by atoms with Crippen molar-refractivity contribution >= 4 is 5.91 Å². The molecule has 1 unspecified atom stereocenters. The fourth-order valence-electron chi connectivity index (χ4n) is 2.63. The third-order valence-electron chi connectivity index (χ3n) is 3.67. The molecule has 1 amide bonds. The van der Waals surface area contributed by atoms with Crippen molar-refractivity contribution in [1.29, 1.82) is 0 Å². The Morgan fingerprint density at radius 3 is 2.55 bits per heavy atom. The van der Waals surface area contributed by atoms with Gasteiger partial charge in [-0.15, -0.1) is 0 Å². The van der Waals surface area contributed by atoms with E-state index in [1.807, 2.05) is 12.1 Å². The highest BCUT2D eigenvalue weighted by Crippen LogP contribution is 2.24. The van der Waals surface area contributed by atoms with E-state index < -0.39 is 0 Å². The molecular weight excluding hydrogens is 257 g/mol. The molecule has 110 valence electrons. The molecule has 1 aromatic rings. The average molecular weight is 279 g/mol. The molecule has 0 spiro atoms. The van der Waals surface area contributed by atoms with Crippen LogP contribution in [0.3, 0.4) is 0 Å². The normalized spacial score (nSPS) is 17.1. The van der Waals surface area contributed by atoms with Gasteiger partial charge < -0.3 is 10.6 Å². The lowest BCUT2D eigenvalue weighted by molar-refractivity contribution is -0.120. The van der Waals surface area contributed by atoms with Gasteiger partial charge in [-0.25, -0.2) is 4.39 Å². The van der Waals surface area contributed by atoms with E-state index in [1.54, 1.807) is 7.05 Å². The summed E-state index contributed by atoms with van der Waals surface area (Å²) in [6, 6.07) is 6.70. The van der Waals surface area contributed by atoms with Gasteiger partial charge in [0.2, 0.25) is 5.91 Å². The van der Waals surface area contributed by atoms with Crippen LogP contribution in [0.25, 0.3) is 0 Å². The van der Waals surface area contributed by atoms with Crippen LogP contribution in [0.5, 0.6) is 0 Å². The number of hydrogen-bond donors (Lipinski definition) is 2. The fourth-order valence-corrected chi connectivity index (χ4v) is 2.63. The zero-order valence-corrected chi connectivity index (χ0v) is 11.9. The Labute approximate surface area is 119 Å². The monoisotopic (exact) mass is 279 g/mol. The van der Waals surface area contributed by atoms with Crippen LogP contribution >= 0.6 is 0 Å². The summed E-state index contributed by atoms with van der Waals surface area (Å²) in [5, 5.41) is 5.77. The number of likely N-dealkylation sites (N-methyl/N-ethyl adjacent to an activating group) is 1. The Hall–Kier alpha value is -1.46. The second-order valence-corrected chi connectivity index (χ2v) is 5.14. The van der Waals surface area contributed by atoms with Crippen molar-refractivity contribution in [3.63, 3.8) is 0 Å². The van der Waals surface area contributed by atoms with E-state index in [-0.39, 0.29) is 17.8 Å². The lowest BCUT2D eigenvalue weighted by Gasteiger charge is -2.28. The summed E-state index contributed by atoms with van der Waals surface area (Å²) in [5.74, 6) is -0.244. The first-order chi connectivity index (χ1) is 9.70. The van der Waals surface area contributed by atoms with Gasteiger partial charge in [-0.2, -0.15) is 0 Å². The number of nitrogens with one attached hydrogen (secondary N) is 2. The first kappa shape index (κ1) is 14.9. The second kappa shape index (κ2) is 7.36. The van der Waals surface area contributed by atoms with Crippen molar-refractivity contribution in [2.24, 2.45) is 0 Å². The van der Waals surface area contributed by atoms with Crippen LogP contribution < -0.4 is 10.6 Å². The molecule has 1 saturated heterocycles. The standard InChI is InChI=1S/C15H22FN3O/c1-17-11-15(20)18-10-14(19-8-2-3-9-19)12-4-6-13(16)7-5-12/h4-7,14,17H,2-3,8-11H2,1H3,(H,18,20). The third kappa shape index (κ3) is 4.02. The molecule has 4 nitrogen and oxygen atoms in total. The van der Waals surface area contributed by atoms with Crippen molar-refractivity contribution in [1.82, 2.24) is 15.5 Å². The van der Waals surface area contributed by atoms with Crippen LogP contribution in [-0.2, 0) is 4.79 Å². The van der Waals surface area contributed by atoms with Gasteiger partial charge in [0.1, 0.15) is 5.82 Å². The van der Waals surface area contributed by atoms with E-state index in [2.05, 4.69) is 15.5 Å². The van der Waals surface area contributed by atoms with E-state index in [1.165, 1.54) is 25.0 Å². The molecule has 20 heavy (non-hydrogen) atoms. The minimum absolute atomic E-state index is 0.0150. The van der Waals surface area contributed by atoms with Crippen LogP contribution in [0.1, 0.15) is 24.4 Å². The Kier molecular flexibility index (Phi) is 5.49. The molecule has 2 N–H and O–H groups in total. The molecule has 1 atom stereocenters.